The summed E-state index contributed by atoms with van der Waals surface area (Å²) >= 11 is 0. The van der Waals surface area contributed by atoms with E-state index in [1.54, 1.807) is 4.90 Å². The van der Waals surface area contributed by atoms with Crippen molar-refractivity contribution >= 4 is 11.8 Å². The number of amides is 2. The molecule has 1 aromatic rings. The Balaban J connectivity index is 2.17. The van der Waals surface area contributed by atoms with Crippen molar-refractivity contribution in [2.24, 2.45) is 5.92 Å². The van der Waals surface area contributed by atoms with Gasteiger partial charge in [0.2, 0.25) is 17.7 Å². The molecule has 1 aliphatic rings. The van der Waals surface area contributed by atoms with Crippen LogP contribution in [-0.4, -0.2) is 34.3 Å². The Morgan fingerprint density at radius 3 is 2.71 bits per heavy atom. The molecule has 116 valence electrons. The molecule has 21 heavy (non-hydrogen) atoms. The lowest BCUT2D eigenvalue weighted by atomic mass is 9.98. The Morgan fingerprint density at radius 1 is 1.43 bits per heavy atom. The minimum Gasteiger partial charge on any atom is -0.444 e. The molecule has 1 aromatic heterocycles. The molecule has 2 rings (SSSR count). The van der Waals surface area contributed by atoms with Crippen LogP contribution in [0.25, 0.3) is 0 Å². The Morgan fingerprint density at radius 2 is 2.14 bits per heavy atom. The molecule has 0 aliphatic carbocycles. The zero-order chi connectivity index (χ0) is 15.6. The minimum atomic E-state index is -0.456. The Hall–Kier alpha value is -1.85. The average Bonchev–Trinajstić information content (AvgIpc) is 2.69. The van der Waals surface area contributed by atoms with Gasteiger partial charge in [-0.3, -0.25) is 9.59 Å². The van der Waals surface area contributed by atoms with Crippen LogP contribution >= 0.6 is 0 Å². The monoisotopic (exact) mass is 293 g/mol. The highest BCUT2D eigenvalue weighted by molar-refractivity contribution is 5.90. The molecule has 2 amide bonds. The third-order valence-corrected chi connectivity index (χ3v) is 4.11. The van der Waals surface area contributed by atoms with Gasteiger partial charge in [-0.1, -0.05) is 20.3 Å². The second-order valence-electron chi connectivity index (χ2n) is 5.69. The molecule has 1 aliphatic heterocycles. The van der Waals surface area contributed by atoms with Crippen LogP contribution in [0.1, 0.15) is 44.0 Å². The van der Waals surface area contributed by atoms with Crippen molar-refractivity contribution in [1.82, 2.24) is 15.2 Å². The summed E-state index contributed by atoms with van der Waals surface area (Å²) < 4.78 is 5.54. The van der Waals surface area contributed by atoms with Gasteiger partial charge in [0, 0.05) is 13.0 Å². The van der Waals surface area contributed by atoms with E-state index < -0.39 is 6.04 Å². The van der Waals surface area contributed by atoms with Crippen LogP contribution < -0.4 is 5.32 Å². The fraction of sp³-hybridized carbons (Fsp3) is 0.667. The van der Waals surface area contributed by atoms with Crippen LogP contribution in [0.3, 0.4) is 0 Å². The second kappa shape index (κ2) is 6.28. The molecular weight excluding hydrogens is 270 g/mol. The zero-order valence-electron chi connectivity index (χ0n) is 13.1. The Kier molecular flexibility index (Phi) is 4.65. The zero-order valence-corrected chi connectivity index (χ0v) is 13.1. The van der Waals surface area contributed by atoms with Crippen molar-refractivity contribution in [3.8, 4) is 0 Å². The van der Waals surface area contributed by atoms with Crippen LogP contribution in [-0.2, 0) is 16.1 Å². The summed E-state index contributed by atoms with van der Waals surface area (Å²) in [4.78, 5) is 30.4. The van der Waals surface area contributed by atoms with E-state index in [4.69, 9.17) is 4.42 Å². The standard InChI is InChI=1S/C15H23N3O3/c1-5-9(2)14-15(20)18(7-6-12(19)17-14)8-13-16-10(3)11(4)21-13/h9,14H,5-8H2,1-4H3,(H,17,19). The first kappa shape index (κ1) is 15.5. The summed E-state index contributed by atoms with van der Waals surface area (Å²) in [5.41, 5.74) is 0.833. The maximum atomic E-state index is 12.6. The third kappa shape index (κ3) is 3.43. The SMILES string of the molecule is CCC(C)C1NC(=O)CCN(Cc2nc(C)c(C)o2)C1=O. The van der Waals surface area contributed by atoms with Crippen molar-refractivity contribution in [3.05, 3.63) is 17.3 Å². The van der Waals surface area contributed by atoms with Crippen molar-refractivity contribution in [1.29, 1.82) is 0 Å². The molecule has 1 fully saturated rings. The number of nitrogens with zero attached hydrogens (tertiary/aromatic N) is 2. The van der Waals surface area contributed by atoms with E-state index in [2.05, 4.69) is 10.3 Å². The largest absolute Gasteiger partial charge is 0.444 e. The van der Waals surface area contributed by atoms with E-state index in [0.717, 1.165) is 17.9 Å². The van der Waals surface area contributed by atoms with Gasteiger partial charge in [-0.15, -0.1) is 0 Å². The molecular formula is C15H23N3O3. The Labute approximate surface area is 124 Å². The lowest BCUT2D eigenvalue weighted by Gasteiger charge is -2.26. The molecule has 6 heteroatoms. The number of hydrogen-bond donors (Lipinski definition) is 1. The van der Waals surface area contributed by atoms with Gasteiger partial charge in [-0.2, -0.15) is 0 Å². The lowest BCUT2D eigenvalue weighted by Crippen LogP contribution is -2.48. The molecule has 2 heterocycles. The lowest BCUT2D eigenvalue weighted by molar-refractivity contribution is -0.135. The quantitative estimate of drug-likeness (QED) is 0.914. The van der Waals surface area contributed by atoms with Crippen LogP contribution in [0.4, 0.5) is 0 Å². The number of oxazole rings is 1. The van der Waals surface area contributed by atoms with Crippen LogP contribution in [0.15, 0.2) is 4.42 Å². The number of carbonyl (C=O) groups excluding carboxylic acids is 2. The highest BCUT2D eigenvalue weighted by atomic mass is 16.4. The van der Waals surface area contributed by atoms with Gasteiger partial charge in [0.05, 0.1) is 12.2 Å². The second-order valence-corrected chi connectivity index (χ2v) is 5.69. The number of aromatic nitrogens is 1. The van der Waals surface area contributed by atoms with E-state index in [9.17, 15) is 9.59 Å². The van der Waals surface area contributed by atoms with E-state index in [1.165, 1.54) is 0 Å². The number of hydrogen-bond acceptors (Lipinski definition) is 4. The van der Waals surface area contributed by atoms with Gasteiger partial charge in [0.1, 0.15) is 11.8 Å². The predicted octanol–water partition coefficient (Wildman–Crippen LogP) is 1.55. The molecule has 0 spiro atoms. The average molecular weight is 293 g/mol. The fourth-order valence-corrected chi connectivity index (χ4v) is 2.40. The molecule has 0 saturated carbocycles. The van der Waals surface area contributed by atoms with E-state index in [1.807, 2.05) is 27.7 Å². The molecule has 0 aromatic carbocycles. The third-order valence-electron chi connectivity index (χ3n) is 4.11. The molecule has 2 atom stereocenters. The highest BCUT2D eigenvalue weighted by Gasteiger charge is 2.33. The number of aryl methyl sites for hydroxylation is 2. The van der Waals surface area contributed by atoms with Gasteiger partial charge in [0.15, 0.2) is 0 Å². The van der Waals surface area contributed by atoms with E-state index in [0.29, 0.717) is 25.4 Å². The van der Waals surface area contributed by atoms with Crippen molar-refractivity contribution < 1.29 is 14.0 Å². The van der Waals surface area contributed by atoms with Crippen molar-refractivity contribution in [2.75, 3.05) is 6.54 Å². The molecule has 6 nitrogen and oxygen atoms in total. The number of nitrogens with one attached hydrogen (secondary N) is 1. The summed E-state index contributed by atoms with van der Waals surface area (Å²) in [5, 5.41) is 2.83. The first-order chi connectivity index (χ1) is 9.92. The highest BCUT2D eigenvalue weighted by Crippen LogP contribution is 2.17. The molecule has 1 N–H and O–H groups in total. The smallest absolute Gasteiger partial charge is 0.245 e. The van der Waals surface area contributed by atoms with Crippen molar-refractivity contribution in [3.63, 3.8) is 0 Å². The van der Waals surface area contributed by atoms with Crippen LogP contribution in [0, 0.1) is 19.8 Å². The van der Waals surface area contributed by atoms with Gasteiger partial charge in [0.25, 0.3) is 0 Å². The summed E-state index contributed by atoms with van der Waals surface area (Å²) in [5.74, 6) is 1.27. The normalized spacial score (nSPS) is 21.1. The summed E-state index contributed by atoms with van der Waals surface area (Å²) in [6.07, 6.45) is 1.15. The molecule has 1 saturated heterocycles. The molecule has 0 radical (unpaired) electrons. The van der Waals surface area contributed by atoms with Gasteiger partial charge in [-0.05, 0) is 19.8 Å². The first-order valence-corrected chi connectivity index (χ1v) is 7.43. The van der Waals surface area contributed by atoms with Crippen LogP contribution in [0.2, 0.25) is 0 Å². The fourth-order valence-electron chi connectivity index (χ4n) is 2.40. The Bertz CT molecular complexity index is 519. The van der Waals surface area contributed by atoms with Gasteiger partial charge < -0.3 is 14.6 Å². The van der Waals surface area contributed by atoms with Gasteiger partial charge in [-0.25, -0.2) is 4.98 Å². The maximum absolute atomic E-state index is 12.6. The van der Waals surface area contributed by atoms with Gasteiger partial charge >= 0.3 is 0 Å². The minimum absolute atomic E-state index is 0.0521. The van der Waals surface area contributed by atoms with Crippen LogP contribution in [0.5, 0.6) is 0 Å². The number of carbonyl (C=O) groups is 2. The molecule has 0 bridgehead atoms. The van der Waals surface area contributed by atoms with E-state index >= 15 is 0 Å². The maximum Gasteiger partial charge on any atom is 0.245 e. The summed E-state index contributed by atoms with van der Waals surface area (Å²) in [6, 6.07) is -0.456. The van der Waals surface area contributed by atoms with E-state index in [-0.39, 0.29) is 17.7 Å². The summed E-state index contributed by atoms with van der Waals surface area (Å²) in [6.45, 7) is 8.43. The predicted molar refractivity (Wildman–Crippen MR) is 77.4 cm³/mol. The number of rotatable bonds is 4. The first-order valence-electron chi connectivity index (χ1n) is 7.43. The summed E-state index contributed by atoms with van der Waals surface area (Å²) in [7, 11) is 0. The van der Waals surface area contributed by atoms with Crippen molar-refractivity contribution in [2.45, 2.75) is 53.1 Å². The molecule has 2 unspecified atom stereocenters. The topological polar surface area (TPSA) is 75.4 Å².